The lowest BCUT2D eigenvalue weighted by molar-refractivity contribution is -0.116. The lowest BCUT2D eigenvalue weighted by Gasteiger charge is -2.04. The fourth-order valence-corrected chi connectivity index (χ4v) is 3.20. The minimum absolute atomic E-state index is 0.111. The summed E-state index contributed by atoms with van der Waals surface area (Å²) in [6.45, 7) is 8.33. The molecule has 2 aromatic heterocycles. The Hall–Kier alpha value is -2.92. The van der Waals surface area contributed by atoms with Gasteiger partial charge in [-0.05, 0) is 50.5 Å². The highest BCUT2D eigenvalue weighted by molar-refractivity contribution is 5.92. The van der Waals surface area contributed by atoms with Gasteiger partial charge in [0.1, 0.15) is 5.65 Å². The summed E-state index contributed by atoms with van der Waals surface area (Å²) in [5, 5.41) is 2.92. The first kappa shape index (κ1) is 21.8. The maximum absolute atomic E-state index is 12.3. The van der Waals surface area contributed by atoms with Crippen molar-refractivity contribution >= 4 is 17.6 Å². The van der Waals surface area contributed by atoms with Crippen LogP contribution in [-0.2, 0) is 9.53 Å². The van der Waals surface area contributed by atoms with Crippen LogP contribution in [0.25, 0.3) is 23.0 Å². The molecule has 0 aliphatic heterocycles. The summed E-state index contributed by atoms with van der Waals surface area (Å²) in [5.74, 6) is -0.111. The molecule has 5 heteroatoms. The van der Waals surface area contributed by atoms with Gasteiger partial charge in [-0.15, -0.1) is 0 Å². The predicted octanol–water partition coefficient (Wildman–Crippen LogP) is 4.95. The lowest BCUT2D eigenvalue weighted by atomic mass is 10.1. The maximum Gasteiger partial charge on any atom is 0.244 e. The van der Waals surface area contributed by atoms with Crippen molar-refractivity contribution in [2.24, 2.45) is 0 Å². The molecule has 0 aliphatic rings. The van der Waals surface area contributed by atoms with E-state index in [1.54, 1.807) is 6.08 Å². The zero-order chi connectivity index (χ0) is 21.3. The van der Waals surface area contributed by atoms with Crippen LogP contribution in [0.5, 0.6) is 0 Å². The first-order chi connectivity index (χ1) is 14.6. The summed E-state index contributed by atoms with van der Waals surface area (Å²) in [5.41, 5.74) is 6.02. The minimum Gasteiger partial charge on any atom is -0.381 e. The van der Waals surface area contributed by atoms with Gasteiger partial charge < -0.3 is 10.1 Å². The number of aromatic nitrogens is 2. The number of imidazole rings is 1. The van der Waals surface area contributed by atoms with Crippen molar-refractivity contribution in [3.05, 3.63) is 65.5 Å². The van der Waals surface area contributed by atoms with Crippen LogP contribution in [-0.4, -0.2) is 35.1 Å². The number of hydrogen-bond donors (Lipinski definition) is 1. The summed E-state index contributed by atoms with van der Waals surface area (Å²) in [4.78, 5) is 17.1. The summed E-state index contributed by atoms with van der Waals surface area (Å²) >= 11 is 0. The van der Waals surface area contributed by atoms with E-state index in [1.807, 2.05) is 28.8 Å². The van der Waals surface area contributed by atoms with Gasteiger partial charge in [-0.1, -0.05) is 43.2 Å². The Morgan fingerprint density at radius 1 is 1.10 bits per heavy atom. The number of ether oxygens (including phenoxy) is 1. The first-order valence-corrected chi connectivity index (χ1v) is 10.7. The van der Waals surface area contributed by atoms with Crippen LogP contribution in [0.15, 0.2) is 48.7 Å². The number of benzene rings is 1. The summed E-state index contributed by atoms with van der Waals surface area (Å²) in [7, 11) is 0. The van der Waals surface area contributed by atoms with Crippen LogP contribution in [0.4, 0.5) is 0 Å². The molecular weight excluding hydrogens is 374 g/mol. The number of carbonyl (C=O) groups is 1. The average Bonchev–Trinajstić information content (AvgIpc) is 3.09. The quantitative estimate of drug-likeness (QED) is 0.383. The van der Waals surface area contributed by atoms with Crippen molar-refractivity contribution in [1.82, 2.24) is 14.7 Å². The normalized spacial score (nSPS) is 11.4. The van der Waals surface area contributed by atoms with Crippen molar-refractivity contribution in [2.45, 2.75) is 40.0 Å². The van der Waals surface area contributed by atoms with Gasteiger partial charge in [0.2, 0.25) is 5.91 Å². The number of aryl methyl sites for hydroxylation is 2. The molecule has 0 fully saturated rings. The van der Waals surface area contributed by atoms with Gasteiger partial charge in [0.25, 0.3) is 0 Å². The Kier molecular flexibility index (Phi) is 7.80. The molecule has 0 radical (unpaired) electrons. The Bertz CT molecular complexity index is 1000. The molecule has 0 aliphatic carbocycles. The van der Waals surface area contributed by atoms with E-state index in [0.717, 1.165) is 54.0 Å². The van der Waals surface area contributed by atoms with Crippen molar-refractivity contribution < 1.29 is 9.53 Å². The van der Waals surface area contributed by atoms with Crippen LogP contribution in [0.3, 0.4) is 0 Å². The second kappa shape index (κ2) is 10.7. The zero-order valence-electron chi connectivity index (χ0n) is 18.1. The summed E-state index contributed by atoms with van der Waals surface area (Å²) in [6, 6.07) is 12.4. The smallest absolute Gasteiger partial charge is 0.244 e. The molecule has 0 saturated heterocycles. The second-order valence-corrected chi connectivity index (χ2v) is 7.59. The molecule has 0 bridgehead atoms. The number of rotatable bonds is 10. The van der Waals surface area contributed by atoms with Gasteiger partial charge in [0.15, 0.2) is 0 Å². The van der Waals surface area contributed by atoms with Crippen LogP contribution in [0.1, 0.15) is 43.0 Å². The van der Waals surface area contributed by atoms with Crippen molar-refractivity contribution in [3.63, 3.8) is 0 Å². The number of fused-ring (bicyclic) bond motifs is 1. The van der Waals surface area contributed by atoms with Crippen LogP contribution in [0, 0.1) is 13.8 Å². The first-order valence-electron chi connectivity index (χ1n) is 10.7. The maximum atomic E-state index is 12.3. The molecule has 1 N–H and O–H groups in total. The highest BCUT2D eigenvalue weighted by atomic mass is 16.5. The standard InChI is InChI=1S/C25H31N3O2/c1-4-5-16-30-17-6-14-26-24(29)12-11-22-25(21-9-7-19(2)8-10-21)27-23-18-20(3)13-15-28(22)23/h7-13,15,18H,4-6,14,16-17H2,1-3H3,(H,26,29)/b12-11+. The van der Waals surface area contributed by atoms with Gasteiger partial charge in [0.05, 0.1) is 11.4 Å². The third kappa shape index (κ3) is 5.80. The van der Waals surface area contributed by atoms with E-state index in [2.05, 4.69) is 50.4 Å². The molecule has 0 saturated carbocycles. The van der Waals surface area contributed by atoms with E-state index in [4.69, 9.17) is 9.72 Å². The van der Waals surface area contributed by atoms with Crippen molar-refractivity contribution in [3.8, 4) is 11.3 Å². The molecule has 3 rings (SSSR count). The molecule has 0 unspecified atom stereocenters. The van der Waals surface area contributed by atoms with Crippen LogP contribution < -0.4 is 5.32 Å². The van der Waals surface area contributed by atoms with E-state index in [0.29, 0.717) is 13.2 Å². The Morgan fingerprint density at radius 2 is 1.87 bits per heavy atom. The van der Waals surface area contributed by atoms with Crippen molar-refractivity contribution in [2.75, 3.05) is 19.8 Å². The van der Waals surface area contributed by atoms with Gasteiger partial charge in [0, 0.05) is 37.6 Å². The number of pyridine rings is 1. The fraction of sp³-hybridized carbons (Fsp3) is 0.360. The van der Waals surface area contributed by atoms with Gasteiger partial charge >= 0.3 is 0 Å². The summed E-state index contributed by atoms with van der Waals surface area (Å²) in [6.07, 6.45) is 8.45. The van der Waals surface area contributed by atoms with E-state index < -0.39 is 0 Å². The highest BCUT2D eigenvalue weighted by Gasteiger charge is 2.12. The Labute approximate surface area is 178 Å². The van der Waals surface area contributed by atoms with Gasteiger partial charge in [-0.2, -0.15) is 0 Å². The van der Waals surface area contributed by atoms with Gasteiger partial charge in [-0.25, -0.2) is 4.98 Å². The van der Waals surface area contributed by atoms with Gasteiger partial charge in [-0.3, -0.25) is 9.20 Å². The highest BCUT2D eigenvalue weighted by Crippen LogP contribution is 2.26. The molecular formula is C25H31N3O2. The molecule has 158 valence electrons. The average molecular weight is 406 g/mol. The molecule has 0 atom stereocenters. The number of unbranched alkanes of at least 4 members (excludes halogenated alkanes) is 1. The van der Waals surface area contributed by atoms with Crippen molar-refractivity contribution in [1.29, 1.82) is 0 Å². The molecule has 2 heterocycles. The Morgan fingerprint density at radius 3 is 2.63 bits per heavy atom. The number of carbonyl (C=O) groups excluding carboxylic acids is 1. The van der Waals surface area contributed by atoms with E-state index in [-0.39, 0.29) is 5.91 Å². The van der Waals surface area contributed by atoms with E-state index in [9.17, 15) is 4.79 Å². The molecule has 1 amide bonds. The third-order valence-corrected chi connectivity index (χ3v) is 4.94. The predicted molar refractivity (Wildman–Crippen MR) is 122 cm³/mol. The second-order valence-electron chi connectivity index (χ2n) is 7.59. The van der Waals surface area contributed by atoms with Crippen LogP contribution in [0.2, 0.25) is 0 Å². The van der Waals surface area contributed by atoms with Crippen LogP contribution >= 0.6 is 0 Å². The molecule has 3 aromatic rings. The minimum atomic E-state index is -0.111. The molecule has 30 heavy (non-hydrogen) atoms. The topological polar surface area (TPSA) is 55.6 Å². The lowest BCUT2D eigenvalue weighted by Crippen LogP contribution is -2.23. The number of nitrogens with zero attached hydrogens (tertiary/aromatic N) is 2. The Balaban J connectivity index is 1.72. The largest absolute Gasteiger partial charge is 0.381 e. The molecule has 1 aromatic carbocycles. The monoisotopic (exact) mass is 405 g/mol. The SMILES string of the molecule is CCCCOCCCNC(=O)/C=C/c1c(-c2ccc(C)cc2)nc2cc(C)ccn12. The molecule has 0 spiro atoms. The van der Waals surface area contributed by atoms with E-state index >= 15 is 0 Å². The third-order valence-electron chi connectivity index (χ3n) is 4.94. The number of hydrogen-bond acceptors (Lipinski definition) is 3. The fourth-order valence-electron chi connectivity index (χ4n) is 3.20. The molecule has 5 nitrogen and oxygen atoms in total. The number of amides is 1. The summed E-state index contributed by atoms with van der Waals surface area (Å²) < 4.78 is 7.55. The van der Waals surface area contributed by atoms with E-state index in [1.165, 1.54) is 5.56 Å². The number of nitrogens with one attached hydrogen (secondary N) is 1. The zero-order valence-corrected chi connectivity index (χ0v) is 18.1.